The van der Waals surface area contributed by atoms with Crippen molar-refractivity contribution in [1.29, 1.82) is 0 Å². The number of carbonyl (C=O) groups is 2. The summed E-state index contributed by atoms with van der Waals surface area (Å²) in [5.41, 5.74) is 3.60. The number of carboxylic acid groups (broad SMARTS) is 1. The van der Waals surface area contributed by atoms with Crippen LogP contribution < -0.4 is 15.5 Å². The normalized spacial score (nSPS) is 13.3. The van der Waals surface area contributed by atoms with Crippen LogP contribution in [0.4, 0.5) is 23.0 Å². The molecule has 0 radical (unpaired) electrons. The maximum atomic E-state index is 11.8. The number of nitrogens with zero attached hydrogens (tertiary/aromatic N) is 3. The Morgan fingerprint density at radius 1 is 1.06 bits per heavy atom. The van der Waals surface area contributed by atoms with Crippen LogP contribution in [0.1, 0.15) is 5.56 Å². The predicted molar refractivity (Wildman–Crippen MR) is 137 cm³/mol. The quantitative estimate of drug-likeness (QED) is 0.349. The smallest absolute Gasteiger partial charge is 0.329 e. The molecule has 3 aromatic rings. The number of amides is 1. The zero-order valence-corrected chi connectivity index (χ0v) is 20.6. The molecule has 2 heterocycles. The first-order valence-corrected chi connectivity index (χ1v) is 12.2. The van der Waals surface area contributed by atoms with E-state index in [-0.39, 0.29) is 6.61 Å². The highest BCUT2D eigenvalue weighted by Gasteiger charge is 2.12. The van der Waals surface area contributed by atoms with Crippen LogP contribution in [0.2, 0.25) is 0 Å². The van der Waals surface area contributed by atoms with Crippen molar-refractivity contribution in [3.8, 4) is 0 Å². The second-order valence-corrected chi connectivity index (χ2v) is 9.08. The van der Waals surface area contributed by atoms with Gasteiger partial charge in [-0.25, -0.2) is 14.8 Å². The van der Waals surface area contributed by atoms with Crippen molar-refractivity contribution in [3.05, 3.63) is 60.3 Å². The second-order valence-electron chi connectivity index (χ2n) is 8.01. The molecule has 0 atom stereocenters. The fourth-order valence-corrected chi connectivity index (χ4v) is 4.28. The average molecular weight is 510 g/mol. The van der Waals surface area contributed by atoms with Gasteiger partial charge in [0.25, 0.3) is 0 Å². The summed E-state index contributed by atoms with van der Waals surface area (Å²) in [4.78, 5) is 34.6. The molecule has 0 unspecified atom stereocenters. The minimum atomic E-state index is -1.12. The molecule has 3 N–H and O–H groups in total. The largest absolute Gasteiger partial charge is 0.480 e. The van der Waals surface area contributed by atoms with Gasteiger partial charge in [0.2, 0.25) is 11.9 Å². The zero-order chi connectivity index (χ0) is 25.3. The Morgan fingerprint density at radius 3 is 2.44 bits per heavy atom. The third-order valence-corrected chi connectivity index (χ3v) is 6.35. The number of hydrogen-bond acceptors (Lipinski definition) is 9. The van der Waals surface area contributed by atoms with E-state index in [1.54, 1.807) is 18.3 Å². The van der Waals surface area contributed by atoms with Gasteiger partial charge in [0.15, 0.2) is 0 Å². The second kappa shape index (κ2) is 12.3. The predicted octanol–water partition coefficient (Wildman–Crippen LogP) is 3.56. The summed E-state index contributed by atoms with van der Waals surface area (Å²) in [6.07, 6.45) is 1.78. The fraction of sp³-hybridized carbons (Fsp3) is 0.280. The Kier molecular flexibility index (Phi) is 8.71. The van der Waals surface area contributed by atoms with Gasteiger partial charge in [-0.05, 0) is 55.5 Å². The molecule has 0 saturated carbocycles. The number of carboxylic acids is 1. The van der Waals surface area contributed by atoms with Crippen molar-refractivity contribution in [2.75, 3.05) is 55.1 Å². The summed E-state index contributed by atoms with van der Waals surface area (Å²) >= 11 is 1.49. The molecule has 0 spiro atoms. The molecular weight excluding hydrogens is 482 g/mol. The topological polar surface area (TPSA) is 126 Å². The van der Waals surface area contributed by atoms with E-state index in [1.807, 2.05) is 31.2 Å². The number of morpholine rings is 1. The molecule has 1 aliphatic heterocycles. The number of carbonyl (C=O) groups excluding carboxylic acids is 1. The van der Waals surface area contributed by atoms with Gasteiger partial charge in [-0.15, -0.1) is 0 Å². The van der Waals surface area contributed by atoms with E-state index in [0.717, 1.165) is 53.2 Å². The molecule has 4 rings (SSSR count). The van der Waals surface area contributed by atoms with E-state index in [1.165, 1.54) is 11.8 Å². The molecule has 1 amide bonds. The molecule has 0 bridgehead atoms. The molecule has 2 aromatic carbocycles. The van der Waals surface area contributed by atoms with E-state index in [9.17, 15) is 9.59 Å². The van der Waals surface area contributed by atoms with Crippen molar-refractivity contribution >= 4 is 46.6 Å². The maximum absolute atomic E-state index is 11.8. The summed E-state index contributed by atoms with van der Waals surface area (Å²) < 4.78 is 10.2. The third kappa shape index (κ3) is 7.41. The maximum Gasteiger partial charge on any atom is 0.329 e. The first-order chi connectivity index (χ1) is 17.5. The lowest BCUT2D eigenvalue weighted by Gasteiger charge is -2.28. The minimum Gasteiger partial charge on any atom is -0.480 e. The van der Waals surface area contributed by atoms with Gasteiger partial charge in [-0.3, -0.25) is 4.79 Å². The van der Waals surface area contributed by atoms with Gasteiger partial charge < -0.3 is 30.1 Å². The summed E-state index contributed by atoms with van der Waals surface area (Å²) in [5.74, 6) is -1.03. The molecule has 0 aliphatic carbocycles. The molecule has 11 heteroatoms. The van der Waals surface area contributed by atoms with E-state index in [4.69, 9.17) is 14.6 Å². The van der Waals surface area contributed by atoms with Crippen molar-refractivity contribution in [2.45, 2.75) is 16.8 Å². The van der Waals surface area contributed by atoms with Crippen LogP contribution in [0.25, 0.3) is 0 Å². The van der Waals surface area contributed by atoms with Crippen molar-refractivity contribution < 1.29 is 24.2 Å². The van der Waals surface area contributed by atoms with Crippen molar-refractivity contribution in [3.63, 3.8) is 0 Å². The molecule has 1 aromatic heterocycles. The highest BCUT2D eigenvalue weighted by Crippen LogP contribution is 2.30. The van der Waals surface area contributed by atoms with Crippen LogP contribution in [-0.4, -0.2) is 66.5 Å². The van der Waals surface area contributed by atoms with Crippen LogP contribution in [0, 0.1) is 6.92 Å². The summed E-state index contributed by atoms with van der Waals surface area (Å²) in [7, 11) is 0. The van der Waals surface area contributed by atoms with Crippen molar-refractivity contribution in [2.24, 2.45) is 0 Å². The van der Waals surface area contributed by atoms with Crippen molar-refractivity contribution in [1.82, 2.24) is 9.97 Å². The Labute approximate surface area is 213 Å². The van der Waals surface area contributed by atoms with Crippen LogP contribution in [0.5, 0.6) is 0 Å². The number of ether oxygens (including phenoxy) is 2. The zero-order valence-electron chi connectivity index (χ0n) is 19.8. The molecule has 10 nitrogen and oxygen atoms in total. The Hall–Kier alpha value is -3.67. The standard InChI is InChI=1S/C25H27N5O5S/c1-17-14-26-25(28-19-2-6-20(7-3-19)30-10-12-34-13-11-30)29-24(17)36-21-8-4-18(5-9-21)27-22(31)15-35-16-23(32)33/h2-9,14H,10-13,15-16H2,1H3,(H,27,31)(H,32,33)(H,26,28,29). The number of anilines is 4. The number of aliphatic carboxylic acids is 1. The summed E-state index contributed by atoms with van der Waals surface area (Å²) in [5, 5.41) is 15.3. The van der Waals surface area contributed by atoms with Gasteiger partial charge in [0.1, 0.15) is 18.2 Å². The molecule has 1 aliphatic rings. The molecular formula is C25H27N5O5S. The number of benzene rings is 2. The number of aromatic nitrogens is 2. The highest BCUT2D eigenvalue weighted by atomic mass is 32.2. The summed E-state index contributed by atoms with van der Waals surface area (Å²) in [6, 6.07) is 15.5. The minimum absolute atomic E-state index is 0.325. The third-order valence-electron chi connectivity index (χ3n) is 5.24. The highest BCUT2D eigenvalue weighted by molar-refractivity contribution is 7.99. The Balaban J connectivity index is 1.34. The van der Waals surface area contributed by atoms with Gasteiger partial charge in [-0.2, -0.15) is 0 Å². The van der Waals surface area contributed by atoms with Crippen LogP contribution in [0.15, 0.2) is 64.6 Å². The molecule has 36 heavy (non-hydrogen) atoms. The van der Waals surface area contributed by atoms with Crippen LogP contribution in [0.3, 0.4) is 0 Å². The monoisotopic (exact) mass is 509 g/mol. The Bertz CT molecular complexity index is 1180. The van der Waals surface area contributed by atoms with Gasteiger partial charge in [-0.1, -0.05) is 11.8 Å². The molecule has 1 fully saturated rings. The van der Waals surface area contributed by atoms with E-state index in [0.29, 0.717) is 11.6 Å². The van der Waals surface area contributed by atoms with Gasteiger partial charge in [0.05, 0.1) is 13.2 Å². The van der Waals surface area contributed by atoms with Crippen LogP contribution >= 0.6 is 11.8 Å². The molecule has 1 saturated heterocycles. The first kappa shape index (κ1) is 25.4. The van der Waals surface area contributed by atoms with E-state index < -0.39 is 18.5 Å². The van der Waals surface area contributed by atoms with Gasteiger partial charge in [0, 0.05) is 46.8 Å². The lowest BCUT2D eigenvalue weighted by atomic mass is 10.2. The first-order valence-electron chi connectivity index (χ1n) is 11.4. The van der Waals surface area contributed by atoms with E-state index in [2.05, 4.69) is 37.6 Å². The van der Waals surface area contributed by atoms with Crippen LogP contribution in [-0.2, 0) is 19.1 Å². The number of hydrogen-bond donors (Lipinski definition) is 3. The SMILES string of the molecule is Cc1cnc(Nc2ccc(N3CCOCC3)cc2)nc1Sc1ccc(NC(=O)COCC(=O)O)cc1. The number of nitrogens with one attached hydrogen (secondary N) is 2. The fourth-order valence-electron chi connectivity index (χ4n) is 3.44. The number of aryl methyl sites for hydroxylation is 1. The van der Waals surface area contributed by atoms with E-state index >= 15 is 0 Å². The Morgan fingerprint density at radius 2 is 1.75 bits per heavy atom. The number of rotatable bonds is 10. The summed E-state index contributed by atoms with van der Waals surface area (Å²) in [6.45, 7) is 4.39. The lowest BCUT2D eigenvalue weighted by Crippen LogP contribution is -2.36. The van der Waals surface area contributed by atoms with Gasteiger partial charge >= 0.3 is 5.97 Å². The molecule has 188 valence electrons. The lowest BCUT2D eigenvalue weighted by molar-refractivity contribution is -0.143. The average Bonchev–Trinajstić information content (AvgIpc) is 2.88.